The fourth-order valence-electron chi connectivity index (χ4n) is 0.660. The van der Waals surface area contributed by atoms with Crippen LogP contribution in [0.3, 0.4) is 0 Å². The van der Waals surface area contributed by atoms with E-state index < -0.39 is 0 Å². The summed E-state index contributed by atoms with van der Waals surface area (Å²) in [6, 6.07) is 0. The molecule has 0 aliphatic heterocycles. The number of ether oxygens (including phenoxy) is 1. The van der Waals surface area contributed by atoms with Crippen molar-refractivity contribution in [1.82, 2.24) is 4.98 Å². The Hall–Kier alpha value is -0.570. The average molecular weight is 143 g/mol. The molecule has 0 bridgehead atoms. The molecule has 2 nitrogen and oxygen atoms in total. The van der Waals surface area contributed by atoms with E-state index in [1.54, 1.807) is 24.0 Å². The maximum atomic E-state index is 5.03. The molecule has 0 N–H and O–H groups in total. The molecule has 1 aromatic rings. The predicted octanol–water partition coefficient (Wildman–Crippen LogP) is 1.71. The molecule has 1 heterocycles. The Kier molecular flexibility index (Phi) is 2.05. The lowest BCUT2D eigenvalue weighted by Gasteiger charge is -1.94. The molecule has 0 fully saturated rings. The number of hydrogen-bond acceptors (Lipinski definition) is 3. The van der Waals surface area contributed by atoms with Crippen molar-refractivity contribution < 1.29 is 4.74 Å². The van der Waals surface area contributed by atoms with E-state index in [1.165, 1.54) is 0 Å². The van der Waals surface area contributed by atoms with Gasteiger partial charge < -0.3 is 4.74 Å². The molecular formula is C6H9NOS. The second-order valence-corrected chi connectivity index (χ2v) is 2.46. The van der Waals surface area contributed by atoms with Crippen molar-refractivity contribution in [2.75, 3.05) is 7.11 Å². The Morgan fingerprint density at radius 2 is 2.56 bits per heavy atom. The summed E-state index contributed by atoms with van der Waals surface area (Å²) in [5.41, 5.74) is 2.86. The minimum Gasteiger partial charge on any atom is -0.486 e. The first-order valence-corrected chi connectivity index (χ1v) is 3.72. The smallest absolute Gasteiger partial charge is 0.196 e. The van der Waals surface area contributed by atoms with Crippen molar-refractivity contribution >= 4 is 11.3 Å². The van der Waals surface area contributed by atoms with Gasteiger partial charge in [0.05, 0.1) is 18.3 Å². The third-order valence-corrected chi connectivity index (χ3v) is 1.95. The first-order valence-electron chi connectivity index (χ1n) is 2.84. The zero-order valence-electron chi connectivity index (χ0n) is 5.55. The quantitative estimate of drug-likeness (QED) is 0.628. The van der Waals surface area contributed by atoms with Gasteiger partial charge in [-0.2, -0.15) is 0 Å². The maximum absolute atomic E-state index is 5.03. The number of thiazole rings is 1. The van der Waals surface area contributed by atoms with Gasteiger partial charge in [-0.25, -0.2) is 4.98 Å². The highest BCUT2D eigenvalue weighted by Crippen LogP contribution is 2.22. The van der Waals surface area contributed by atoms with Gasteiger partial charge in [-0.05, 0) is 6.42 Å². The number of nitrogens with zero attached hydrogens (tertiary/aromatic N) is 1. The van der Waals surface area contributed by atoms with Crippen molar-refractivity contribution in [3.8, 4) is 5.06 Å². The topological polar surface area (TPSA) is 22.1 Å². The zero-order valence-corrected chi connectivity index (χ0v) is 6.36. The Morgan fingerprint density at radius 3 is 3.00 bits per heavy atom. The SMILES string of the molecule is CCc1ncsc1OC. The van der Waals surface area contributed by atoms with Gasteiger partial charge in [0.2, 0.25) is 0 Å². The number of hydrogen-bond donors (Lipinski definition) is 0. The van der Waals surface area contributed by atoms with E-state index in [0.717, 1.165) is 17.2 Å². The molecular weight excluding hydrogens is 134 g/mol. The molecule has 3 heteroatoms. The fraction of sp³-hybridized carbons (Fsp3) is 0.500. The number of aromatic nitrogens is 1. The highest BCUT2D eigenvalue weighted by molar-refractivity contribution is 7.11. The zero-order chi connectivity index (χ0) is 6.69. The number of methoxy groups -OCH3 is 1. The second-order valence-electron chi connectivity index (χ2n) is 1.64. The molecule has 1 aromatic heterocycles. The van der Waals surface area contributed by atoms with Crippen LogP contribution in [0.25, 0.3) is 0 Å². The van der Waals surface area contributed by atoms with Gasteiger partial charge in [-0.1, -0.05) is 18.3 Å². The summed E-state index contributed by atoms with van der Waals surface area (Å²) in [5, 5.41) is 0.942. The van der Waals surface area contributed by atoms with Crippen LogP contribution in [0, 0.1) is 0 Å². The van der Waals surface area contributed by atoms with Crippen molar-refractivity contribution in [2.45, 2.75) is 13.3 Å². The van der Waals surface area contributed by atoms with Gasteiger partial charge in [0, 0.05) is 0 Å². The van der Waals surface area contributed by atoms with Crippen LogP contribution in [0.15, 0.2) is 5.51 Å². The summed E-state index contributed by atoms with van der Waals surface area (Å²) in [6.45, 7) is 2.07. The lowest BCUT2D eigenvalue weighted by atomic mass is 10.4. The maximum Gasteiger partial charge on any atom is 0.196 e. The Morgan fingerprint density at radius 1 is 1.78 bits per heavy atom. The van der Waals surface area contributed by atoms with Gasteiger partial charge in [0.25, 0.3) is 0 Å². The third kappa shape index (κ3) is 1.21. The average Bonchev–Trinajstić information content (AvgIpc) is 2.33. The molecule has 0 unspecified atom stereocenters. The molecule has 50 valence electrons. The first-order chi connectivity index (χ1) is 4.38. The summed E-state index contributed by atoms with van der Waals surface area (Å²) in [5.74, 6) is 0. The summed E-state index contributed by atoms with van der Waals surface area (Å²) in [7, 11) is 1.67. The monoisotopic (exact) mass is 143 g/mol. The summed E-state index contributed by atoms with van der Waals surface area (Å²) >= 11 is 1.54. The minimum atomic E-state index is 0.942. The van der Waals surface area contributed by atoms with Gasteiger partial charge in [-0.3, -0.25) is 0 Å². The second kappa shape index (κ2) is 2.82. The molecule has 9 heavy (non-hydrogen) atoms. The standard InChI is InChI=1S/C6H9NOS/c1-3-5-6(8-2)9-4-7-5/h4H,3H2,1-2H3. The molecule has 0 aliphatic rings. The summed E-state index contributed by atoms with van der Waals surface area (Å²) < 4.78 is 5.03. The Balaban J connectivity index is 2.85. The van der Waals surface area contributed by atoms with Crippen LogP contribution in [0.1, 0.15) is 12.6 Å². The summed E-state index contributed by atoms with van der Waals surface area (Å²) in [4.78, 5) is 4.10. The van der Waals surface area contributed by atoms with Crippen LogP contribution in [0.4, 0.5) is 0 Å². The van der Waals surface area contributed by atoms with E-state index in [9.17, 15) is 0 Å². The molecule has 0 radical (unpaired) electrons. The molecule has 0 aromatic carbocycles. The first kappa shape index (κ1) is 6.55. The largest absolute Gasteiger partial charge is 0.486 e. The summed E-state index contributed by atoms with van der Waals surface area (Å²) in [6.07, 6.45) is 0.951. The molecule has 0 amide bonds. The van der Waals surface area contributed by atoms with E-state index in [0.29, 0.717) is 0 Å². The highest BCUT2D eigenvalue weighted by Gasteiger charge is 2.00. The van der Waals surface area contributed by atoms with Gasteiger partial charge in [0.15, 0.2) is 5.06 Å². The fourth-order valence-corrected chi connectivity index (χ4v) is 1.37. The molecule has 0 atom stereocenters. The van der Waals surface area contributed by atoms with Crippen molar-refractivity contribution in [1.29, 1.82) is 0 Å². The van der Waals surface area contributed by atoms with E-state index in [2.05, 4.69) is 11.9 Å². The number of aryl methyl sites for hydroxylation is 1. The molecule has 0 spiro atoms. The van der Waals surface area contributed by atoms with Crippen LogP contribution >= 0.6 is 11.3 Å². The van der Waals surface area contributed by atoms with Crippen molar-refractivity contribution in [3.05, 3.63) is 11.2 Å². The number of rotatable bonds is 2. The van der Waals surface area contributed by atoms with Gasteiger partial charge >= 0.3 is 0 Å². The van der Waals surface area contributed by atoms with E-state index in [-0.39, 0.29) is 0 Å². The van der Waals surface area contributed by atoms with Gasteiger partial charge in [-0.15, -0.1) is 0 Å². The van der Waals surface area contributed by atoms with E-state index in [4.69, 9.17) is 4.74 Å². The predicted molar refractivity (Wildman–Crippen MR) is 38.0 cm³/mol. The van der Waals surface area contributed by atoms with E-state index in [1.807, 2.05) is 0 Å². The molecule has 0 saturated heterocycles. The molecule has 1 rings (SSSR count). The lowest BCUT2D eigenvalue weighted by molar-refractivity contribution is 0.421. The minimum absolute atomic E-state index is 0.942. The highest BCUT2D eigenvalue weighted by atomic mass is 32.1. The third-order valence-electron chi connectivity index (χ3n) is 1.12. The van der Waals surface area contributed by atoms with Crippen LogP contribution in [0.5, 0.6) is 5.06 Å². The van der Waals surface area contributed by atoms with Crippen molar-refractivity contribution in [3.63, 3.8) is 0 Å². The van der Waals surface area contributed by atoms with Crippen LogP contribution in [-0.2, 0) is 6.42 Å². The lowest BCUT2D eigenvalue weighted by Crippen LogP contribution is -1.85. The van der Waals surface area contributed by atoms with Gasteiger partial charge in [0.1, 0.15) is 0 Å². The Bertz CT molecular complexity index is 166. The molecule has 0 saturated carbocycles. The van der Waals surface area contributed by atoms with Crippen LogP contribution < -0.4 is 4.74 Å². The molecule has 0 aliphatic carbocycles. The van der Waals surface area contributed by atoms with E-state index >= 15 is 0 Å². The Labute approximate surface area is 58.5 Å². The normalized spacial score (nSPS) is 9.56. The van der Waals surface area contributed by atoms with Crippen molar-refractivity contribution in [2.24, 2.45) is 0 Å². The van der Waals surface area contributed by atoms with Crippen LogP contribution in [-0.4, -0.2) is 12.1 Å². The van der Waals surface area contributed by atoms with Crippen LogP contribution in [0.2, 0.25) is 0 Å².